The molecule has 216 valence electrons. The first-order valence-electron chi connectivity index (χ1n) is 16.3. The van der Waals surface area contributed by atoms with Crippen LogP contribution in [0, 0.1) is 40.4 Å². The summed E-state index contributed by atoms with van der Waals surface area (Å²) in [4.78, 5) is 24.7. The molecule has 1 aromatic rings. The molecule has 8 atom stereocenters. The molecule has 0 heterocycles. The summed E-state index contributed by atoms with van der Waals surface area (Å²) < 4.78 is 0. The maximum Gasteiger partial charge on any atom is 0.220 e. The molecule has 1 aromatic carbocycles. The number of amides is 1. The standard InChI is InChI=1S/C35H53NO3/c1-34-20-17-28(37)24-27(34)23-26(33-29-15-16-31(38)35(29,2)21-18-30(33)34)13-9-4-3-5-10-14-32(39)36-22-19-25-11-7-6-8-12-25/h6-8,11-12,26-27,29-31,33,38H,3-5,9-10,13-24H2,1-2H3,(H,36,39)/t26?,27?,29-,30+,31?,33-,34-,35-/m0/s1. The summed E-state index contributed by atoms with van der Waals surface area (Å²) in [7, 11) is 0. The van der Waals surface area contributed by atoms with E-state index in [1.54, 1.807) is 0 Å². The van der Waals surface area contributed by atoms with Crippen LogP contribution in [0.15, 0.2) is 30.3 Å². The highest BCUT2D eigenvalue weighted by Gasteiger charge is 2.62. The van der Waals surface area contributed by atoms with E-state index in [0.717, 1.165) is 63.3 Å². The Labute approximate surface area is 237 Å². The molecule has 0 aliphatic heterocycles. The number of rotatable bonds is 11. The van der Waals surface area contributed by atoms with Gasteiger partial charge < -0.3 is 10.4 Å². The van der Waals surface area contributed by atoms with Crippen molar-refractivity contribution in [2.24, 2.45) is 40.4 Å². The van der Waals surface area contributed by atoms with Gasteiger partial charge in [0.25, 0.3) is 0 Å². The van der Waals surface area contributed by atoms with Gasteiger partial charge in [0.15, 0.2) is 0 Å². The molecule has 5 rings (SSSR count). The van der Waals surface area contributed by atoms with Gasteiger partial charge in [-0.05, 0) is 97.3 Å². The van der Waals surface area contributed by atoms with E-state index in [-0.39, 0.29) is 17.4 Å². The molecule has 4 aliphatic rings. The summed E-state index contributed by atoms with van der Waals surface area (Å²) in [6.45, 7) is 5.64. The summed E-state index contributed by atoms with van der Waals surface area (Å²) in [5.41, 5.74) is 1.70. The minimum Gasteiger partial charge on any atom is -0.393 e. The molecule has 4 saturated carbocycles. The number of carbonyl (C=O) groups is 2. The second-order valence-corrected chi connectivity index (χ2v) is 14.3. The second-order valence-electron chi connectivity index (χ2n) is 14.3. The van der Waals surface area contributed by atoms with E-state index in [9.17, 15) is 14.7 Å². The number of unbranched alkanes of at least 4 members (excludes halogenated alkanes) is 4. The fourth-order valence-electron chi connectivity index (χ4n) is 9.79. The summed E-state index contributed by atoms with van der Waals surface area (Å²) in [5, 5.41) is 14.0. The zero-order valence-electron chi connectivity index (χ0n) is 24.6. The maximum absolute atomic E-state index is 12.5. The lowest BCUT2D eigenvalue weighted by Crippen LogP contribution is -2.57. The predicted molar refractivity (Wildman–Crippen MR) is 157 cm³/mol. The Morgan fingerprint density at radius 3 is 2.51 bits per heavy atom. The van der Waals surface area contributed by atoms with Crippen LogP contribution in [0.3, 0.4) is 0 Å². The van der Waals surface area contributed by atoms with Gasteiger partial charge in [0.05, 0.1) is 6.10 Å². The van der Waals surface area contributed by atoms with Crippen molar-refractivity contribution >= 4 is 11.7 Å². The number of hydrogen-bond donors (Lipinski definition) is 2. The highest BCUT2D eigenvalue weighted by molar-refractivity contribution is 5.79. The van der Waals surface area contributed by atoms with Gasteiger partial charge in [-0.15, -0.1) is 0 Å². The summed E-state index contributed by atoms with van der Waals surface area (Å²) in [6, 6.07) is 10.3. The van der Waals surface area contributed by atoms with Gasteiger partial charge in [-0.25, -0.2) is 0 Å². The van der Waals surface area contributed by atoms with Crippen molar-refractivity contribution in [3.05, 3.63) is 35.9 Å². The number of hydrogen-bond acceptors (Lipinski definition) is 3. The number of benzene rings is 1. The van der Waals surface area contributed by atoms with Gasteiger partial charge in [-0.3, -0.25) is 9.59 Å². The molecule has 0 saturated heterocycles. The molecule has 0 spiro atoms. The predicted octanol–water partition coefficient (Wildman–Crippen LogP) is 7.27. The molecule has 0 aromatic heterocycles. The first kappa shape index (κ1) is 28.8. The van der Waals surface area contributed by atoms with Crippen LogP contribution in [-0.4, -0.2) is 29.4 Å². The van der Waals surface area contributed by atoms with Crippen LogP contribution in [0.4, 0.5) is 0 Å². The van der Waals surface area contributed by atoms with Crippen molar-refractivity contribution in [1.82, 2.24) is 5.32 Å². The van der Waals surface area contributed by atoms with Gasteiger partial charge in [0.1, 0.15) is 5.78 Å². The van der Waals surface area contributed by atoms with Crippen molar-refractivity contribution in [2.45, 2.75) is 123 Å². The molecule has 4 nitrogen and oxygen atoms in total. The third-order valence-corrected chi connectivity index (χ3v) is 12.2. The fraction of sp³-hybridized carbons (Fsp3) is 0.771. The smallest absolute Gasteiger partial charge is 0.220 e. The van der Waals surface area contributed by atoms with Crippen LogP contribution in [0.25, 0.3) is 0 Å². The zero-order valence-corrected chi connectivity index (χ0v) is 24.6. The molecular formula is C35H53NO3. The Morgan fingerprint density at radius 2 is 1.69 bits per heavy atom. The first-order chi connectivity index (χ1) is 18.8. The molecule has 4 aliphatic carbocycles. The van der Waals surface area contributed by atoms with Crippen molar-refractivity contribution in [2.75, 3.05) is 6.54 Å². The van der Waals surface area contributed by atoms with E-state index in [4.69, 9.17) is 0 Å². The highest BCUT2D eigenvalue weighted by Crippen LogP contribution is 2.67. The van der Waals surface area contributed by atoms with E-state index in [1.165, 1.54) is 56.9 Å². The number of nitrogens with one attached hydrogen (secondary N) is 1. The van der Waals surface area contributed by atoms with E-state index in [2.05, 4.69) is 31.3 Å². The van der Waals surface area contributed by atoms with Crippen LogP contribution < -0.4 is 5.32 Å². The number of carbonyl (C=O) groups excluding carboxylic acids is 2. The third-order valence-electron chi connectivity index (χ3n) is 12.2. The Morgan fingerprint density at radius 1 is 0.949 bits per heavy atom. The lowest BCUT2D eigenvalue weighted by molar-refractivity contribution is -0.156. The molecule has 0 radical (unpaired) electrons. The minimum absolute atomic E-state index is 0.106. The van der Waals surface area contributed by atoms with E-state index in [0.29, 0.717) is 35.4 Å². The number of aliphatic hydroxyl groups is 1. The van der Waals surface area contributed by atoms with Gasteiger partial charge in [-0.2, -0.15) is 0 Å². The zero-order chi connectivity index (χ0) is 27.5. The molecule has 4 heteroatoms. The van der Waals surface area contributed by atoms with Crippen molar-refractivity contribution in [3.8, 4) is 0 Å². The summed E-state index contributed by atoms with van der Waals surface area (Å²) >= 11 is 0. The molecule has 39 heavy (non-hydrogen) atoms. The van der Waals surface area contributed by atoms with Crippen LogP contribution >= 0.6 is 0 Å². The maximum atomic E-state index is 12.5. The van der Waals surface area contributed by atoms with E-state index >= 15 is 0 Å². The summed E-state index contributed by atoms with van der Waals surface area (Å²) in [5.74, 6) is 4.09. The Balaban J connectivity index is 1.07. The van der Waals surface area contributed by atoms with Crippen LogP contribution in [0.2, 0.25) is 0 Å². The van der Waals surface area contributed by atoms with Gasteiger partial charge >= 0.3 is 0 Å². The van der Waals surface area contributed by atoms with Crippen LogP contribution in [-0.2, 0) is 16.0 Å². The number of fused-ring (bicyclic) bond motifs is 5. The number of Topliss-reactive ketones (excluding diaryl/α,β-unsaturated/α-hetero) is 1. The minimum atomic E-state index is -0.127. The molecule has 4 fully saturated rings. The van der Waals surface area contributed by atoms with Gasteiger partial charge in [0, 0.05) is 25.8 Å². The normalized spacial score (nSPS) is 37.6. The highest BCUT2D eigenvalue weighted by atomic mass is 16.3. The average molecular weight is 536 g/mol. The van der Waals surface area contributed by atoms with Crippen molar-refractivity contribution < 1.29 is 14.7 Å². The third kappa shape index (κ3) is 6.16. The Hall–Kier alpha value is -1.68. The van der Waals surface area contributed by atoms with Gasteiger partial charge in [0.2, 0.25) is 5.91 Å². The monoisotopic (exact) mass is 535 g/mol. The first-order valence-corrected chi connectivity index (χ1v) is 16.3. The SMILES string of the molecule is C[C@]12CCC(=O)CC1CC(CCCCCCCC(=O)NCCc1ccccc1)[C@@H]1[C@H]2CC[C@]2(C)C(O)CC[C@@H]12. The van der Waals surface area contributed by atoms with E-state index in [1.807, 2.05) is 18.2 Å². The Kier molecular flexibility index (Phi) is 9.21. The Bertz CT molecular complexity index is 977. The van der Waals surface area contributed by atoms with E-state index < -0.39 is 0 Å². The lowest BCUT2D eigenvalue weighted by Gasteiger charge is -2.62. The van der Waals surface area contributed by atoms with Gasteiger partial charge in [-0.1, -0.05) is 76.3 Å². The largest absolute Gasteiger partial charge is 0.393 e. The molecule has 0 bridgehead atoms. The van der Waals surface area contributed by atoms with Crippen molar-refractivity contribution in [3.63, 3.8) is 0 Å². The average Bonchev–Trinajstić information content (AvgIpc) is 3.23. The van der Waals surface area contributed by atoms with Crippen LogP contribution in [0.5, 0.6) is 0 Å². The molecular weight excluding hydrogens is 482 g/mol. The number of ketones is 1. The topological polar surface area (TPSA) is 66.4 Å². The second kappa shape index (κ2) is 12.5. The van der Waals surface area contributed by atoms with Crippen molar-refractivity contribution in [1.29, 1.82) is 0 Å². The number of aliphatic hydroxyl groups excluding tert-OH is 1. The van der Waals surface area contributed by atoms with Crippen LogP contribution in [0.1, 0.15) is 116 Å². The molecule has 3 unspecified atom stereocenters. The summed E-state index contributed by atoms with van der Waals surface area (Å²) in [6.07, 6.45) is 17.0. The lowest BCUT2D eigenvalue weighted by atomic mass is 9.42. The molecule has 2 N–H and O–H groups in total. The fourth-order valence-corrected chi connectivity index (χ4v) is 9.79. The molecule has 1 amide bonds. The quantitative estimate of drug-likeness (QED) is 0.293.